The molecule has 2 rings (SSSR count). The molecule has 2 aromatic heterocycles. The van der Waals surface area contributed by atoms with Crippen molar-refractivity contribution in [3.05, 3.63) is 11.4 Å². The van der Waals surface area contributed by atoms with E-state index in [1.807, 2.05) is 0 Å². The number of fused-ring (bicyclic) bond motifs is 1. The summed E-state index contributed by atoms with van der Waals surface area (Å²) in [4.78, 5) is 12.7. The standard InChI is InChI=1S/C14H22N4S/c1-5-10(4)18(7-3)12-11-8-9-19-13(11)17-14(16-12)15-6-2/h8-10H,5-7H2,1-4H3,(H,15,16,17). The molecule has 0 aliphatic carbocycles. The number of thiophene rings is 1. The smallest absolute Gasteiger partial charge is 0.226 e. The fourth-order valence-corrected chi connectivity index (χ4v) is 2.94. The Bertz CT molecular complexity index is 537. The Kier molecular flexibility index (Phi) is 4.58. The van der Waals surface area contributed by atoms with Crippen molar-refractivity contribution >= 4 is 33.3 Å². The van der Waals surface area contributed by atoms with Crippen molar-refractivity contribution < 1.29 is 0 Å². The highest BCUT2D eigenvalue weighted by atomic mass is 32.1. The second kappa shape index (κ2) is 6.19. The monoisotopic (exact) mass is 278 g/mol. The molecule has 0 amide bonds. The van der Waals surface area contributed by atoms with Crippen LogP contribution in [0.3, 0.4) is 0 Å². The highest BCUT2D eigenvalue weighted by molar-refractivity contribution is 7.16. The molecule has 0 saturated carbocycles. The molecule has 0 aliphatic heterocycles. The van der Waals surface area contributed by atoms with E-state index < -0.39 is 0 Å². The summed E-state index contributed by atoms with van der Waals surface area (Å²) >= 11 is 1.67. The van der Waals surface area contributed by atoms with Crippen LogP contribution in [0.15, 0.2) is 11.4 Å². The molecule has 0 bridgehead atoms. The maximum Gasteiger partial charge on any atom is 0.226 e. The van der Waals surface area contributed by atoms with Crippen LogP contribution in [0.5, 0.6) is 0 Å². The van der Waals surface area contributed by atoms with Crippen molar-refractivity contribution in [1.82, 2.24) is 9.97 Å². The molecule has 2 heterocycles. The summed E-state index contributed by atoms with van der Waals surface area (Å²) in [5.74, 6) is 1.79. The van der Waals surface area contributed by atoms with Crippen LogP contribution in [0.2, 0.25) is 0 Å². The van der Waals surface area contributed by atoms with E-state index in [0.29, 0.717) is 6.04 Å². The summed E-state index contributed by atoms with van der Waals surface area (Å²) in [6.45, 7) is 10.5. The highest BCUT2D eigenvalue weighted by Crippen LogP contribution is 2.30. The van der Waals surface area contributed by atoms with Crippen LogP contribution in [-0.4, -0.2) is 29.1 Å². The zero-order valence-corrected chi connectivity index (χ0v) is 12.9. The lowest BCUT2D eigenvalue weighted by Crippen LogP contribution is -2.33. The number of nitrogens with one attached hydrogen (secondary N) is 1. The number of anilines is 2. The molecule has 5 heteroatoms. The number of rotatable bonds is 6. The van der Waals surface area contributed by atoms with Gasteiger partial charge in [-0.15, -0.1) is 11.3 Å². The van der Waals surface area contributed by atoms with Crippen LogP contribution in [0.25, 0.3) is 10.2 Å². The topological polar surface area (TPSA) is 41.1 Å². The Hall–Kier alpha value is -1.36. The lowest BCUT2D eigenvalue weighted by Gasteiger charge is -2.29. The van der Waals surface area contributed by atoms with Crippen molar-refractivity contribution in [3.63, 3.8) is 0 Å². The van der Waals surface area contributed by atoms with Gasteiger partial charge in [0.1, 0.15) is 10.6 Å². The third-order valence-electron chi connectivity index (χ3n) is 3.38. The van der Waals surface area contributed by atoms with Gasteiger partial charge < -0.3 is 10.2 Å². The lowest BCUT2D eigenvalue weighted by atomic mass is 10.2. The number of hydrogen-bond donors (Lipinski definition) is 1. The summed E-state index contributed by atoms with van der Waals surface area (Å²) in [6, 6.07) is 2.60. The molecule has 19 heavy (non-hydrogen) atoms. The first-order valence-corrected chi connectivity index (χ1v) is 7.84. The zero-order valence-electron chi connectivity index (χ0n) is 12.1. The molecular formula is C14H22N4S. The van der Waals surface area contributed by atoms with Crippen LogP contribution in [0.4, 0.5) is 11.8 Å². The first kappa shape index (κ1) is 14.1. The molecular weight excluding hydrogens is 256 g/mol. The summed E-state index contributed by atoms with van der Waals surface area (Å²) in [7, 11) is 0. The molecule has 0 aliphatic rings. The van der Waals surface area contributed by atoms with E-state index in [2.05, 4.69) is 54.3 Å². The molecule has 2 aromatic rings. The summed E-state index contributed by atoms with van der Waals surface area (Å²) in [5, 5.41) is 6.47. The van der Waals surface area contributed by atoms with Gasteiger partial charge in [-0.25, -0.2) is 4.98 Å². The van der Waals surface area contributed by atoms with E-state index in [4.69, 9.17) is 4.98 Å². The molecule has 4 nitrogen and oxygen atoms in total. The molecule has 0 radical (unpaired) electrons. The first-order chi connectivity index (χ1) is 9.21. The quantitative estimate of drug-likeness (QED) is 0.873. The van der Waals surface area contributed by atoms with Crippen LogP contribution >= 0.6 is 11.3 Å². The predicted molar refractivity (Wildman–Crippen MR) is 84.4 cm³/mol. The Morgan fingerprint density at radius 2 is 2.11 bits per heavy atom. The Morgan fingerprint density at radius 3 is 2.74 bits per heavy atom. The summed E-state index contributed by atoms with van der Waals surface area (Å²) in [5.41, 5.74) is 0. The second-order valence-electron chi connectivity index (χ2n) is 4.58. The Balaban J connectivity index is 2.52. The largest absolute Gasteiger partial charge is 0.354 e. The van der Waals surface area contributed by atoms with Crippen LogP contribution in [0.1, 0.15) is 34.1 Å². The van der Waals surface area contributed by atoms with Crippen LogP contribution in [0, 0.1) is 0 Å². The van der Waals surface area contributed by atoms with E-state index in [0.717, 1.165) is 41.5 Å². The van der Waals surface area contributed by atoms with Gasteiger partial charge in [0.15, 0.2) is 0 Å². The summed E-state index contributed by atoms with van der Waals surface area (Å²) in [6.07, 6.45) is 1.11. The van der Waals surface area contributed by atoms with Crippen molar-refractivity contribution in [2.45, 2.75) is 40.2 Å². The molecule has 0 aromatic carbocycles. The van der Waals surface area contributed by atoms with Crippen LogP contribution < -0.4 is 10.2 Å². The molecule has 0 spiro atoms. The van der Waals surface area contributed by atoms with Gasteiger partial charge in [0.05, 0.1) is 5.39 Å². The van der Waals surface area contributed by atoms with Crippen molar-refractivity contribution in [3.8, 4) is 0 Å². The minimum atomic E-state index is 0.484. The molecule has 1 N–H and O–H groups in total. The number of hydrogen-bond acceptors (Lipinski definition) is 5. The third-order valence-corrected chi connectivity index (χ3v) is 4.18. The van der Waals surface area contributed by atoms with Gasteiger partial charge in [-0.05, 0) is 38.6 Å². The second-order valence-corrected chi connectivity index (χ2v) is 5.48. The minimum Gasteiger partial charge on any atom is -0.354 e. The predicted octanol–water partition coefficient (Wildman–Crippen LogP) is 3.75. The Labute approximate surface area is 118 Å². The third kappa shape index (κ3) is 2.81. The van der Waals surface area contributed by atoms with Crippen molar-refractivity contribution in [2.75, 3.05) is 23.3 Å². The van der Waals surface area contributed by atoms with E-state index in [1.54, 1.807) is 11.3 Å². The SMILES string of the molecule is CCNc1nc(N(CC)C(C)CC)c2ccsc2n1. The van der Waals surface area contributed by atoms with Gasteiger partial charge in [-0.2, -0.15) is 4.98 Å². The molecule has 104 valence electrons. The van der Waals surface area contributed by atoms with E-state index >= 15 is 0 Å². The molecule has 0 saturated heterocycles. The fourth-order valence-electron chi connectivity index (χ4n) is 2.19. The maximum atomic E-state index is 4.71. The first-order valence-electron chi connectivity index (χ1n) is 6.96. The highest BCUT2D eigenvalue weighted by Gasteiger charge is 2.17. The van der Waals surface area contributed by atoms with Gasteiger partial charge in [-0.3, -0.25) is 0 Å². The van der Waals surface area contributed by atoms with Gasteiger partial charge >= 0.3 is 0 Å². The van der Waals surface area contributed by atoms with Gasteiger partial charge in [-0.1, -0.05) is 6.92 Å². The van der Waals surface area contributed by atoms with Crippen molar-refractivity contribution in [1.29, 1.82) is 0 Å². The summed E-state index contributed by atoms with van der Waals surface area (Å²) < 4.78 is 0. The molecule has 0 fully saturated rings. The average molecular weight is 278 g/mol. The Morgan fingerprint density at radius 1 is 1.32 bits per heavy atom. The molecule has 1 unspecified atom stereocenters. The minimum absolute atomic E-state index is 0.484. The van der Waals surface area contributed by atoms with Crippen molar-refractivity contribution in [2.24, 2.45) is 0 Å². The fraction of sp³-hybridized carbons (Fsp3) is 0.571. The maximum absolute atomic E-state index is 4.71. The van der Waals surface area contributed by atoms with Gasteiger partial charge in [0.2, 0.25) is 5.95 Å². The molecule has 1 atom stereocenters. The van der Waals surface area contributed by atoms with Gasteiger partial charge in [0, 0.05) is 19.1 Å². The number of aromatic nitrogens is 2. The van der Waals surface area contributed by atoms with E-state index in [1.165, 1.54) is 0 Å². The van der Waals surface area contributed by atoms with E-state index in [-0.39, 0.29) is 0 Å². The van der Waals surface area contributed by atoms with Crippen LogP contribution in [-0.2, 0) is 0 Å². The zero-order chi connectivity index (χ0) is 13.8. The lowest BCUT2D eigenvalue weighted by molar-refractivity contribution is 0.625. The average Bonchev–Trinajstić information content (AvgIpc) is 2.88. The normalized spacial score (nSPS) is 12.6. The van der Waals surface area contributed by atoms with E-state index in [9.17, 15) is 0 Å². The van der Waals surface area contributed by atoms with Gasteiger partial charge in [0.25, 0.3) is 0 Å². The number of nitrogens with zero attached hydrogens (tertiary/aromatic N) is 3.